The Hall–Kier alpha value is -3.35. The molecule has 3 rings (SSSR count). The fraction of sp³-hybridized carbons (Fsp3) is 0.348. The number of aryl methyl sites for hydroxylation is 2. The number of pyridine rings is 1. The van der Waals surface area contributed by atoms with E-state index < -0.39 is 0 Å². The Balaban J connectivity index is 1.79. The Kier molecular flexibility index (Phi) is 6.72. The van der Waals surface area contributed by atoms with Crippen LogP contribution >= 0.6 is 0 Å². The quantitative estimate of drug-likeness (QED) is 0.545. The van der Waals surface area contributed by atoms with E-state index in [0.717, 1.165) is 22.6 Å². The number of carbonyl (C=O) groups is 1. The summed E-state index contributed by atoms with van der Waals surface area (Å²) in [6.07, 6.45) is 3.51. The Bertz CT molecular complexity index is 981. The molecular formula is C23H27N3O4. The fourth-order valence-corrected chi connectivity index (χ4v) is 3.34. The largest absolute Gasteiger partial charge is 0.493 e. The van der Waals surface area contributed by atoms with Crippen LogP contribution < -0.4 is 9.47 Å². The van der Waals surface area contributed by atoms with E-state index in [1.807, 2.05) is 39.8 Å². The zero-order valence-electron chi connectivity index (χ0n) is 18.0. The smallest absolute Gasteiger partial charge is 0.254 e. The predicted molar refractivity (Wildman–Crippen MR) is 113 cm³/mol. The molecule has 0 saturated carbocycles. The summed E-state index contributed by atoms with van der Waals surface area (Å²) in [4.78, 5) is 19.2. The molecular weight excluding hydrogens is 382 g/mol. The lowest BCUT2D eigenvalue weighted by Gasteiger charge is -2.28. The summed E-state index contributed by atoms with van der Waals surface area (Å²) >= 11 is 0. The SMILES string of the molecule is CCN(C(=O)c1ccc(OCc2c(C)noc2C)c(OC)c1)C(C)c1cccnc1. The number of benzene rings is 1. The minimum atomic E-state index is -0.0994. The van der Waals surface area contributed by atoms with Gasteiger partial charge in [-0.2, -0.15) is 0 Å². The summed E-state index contributed by atoms with van der Waals surface area (Å²) in [5.74, 6) is 1.70. The van der Waals surface area contributed by atoms with Crippen molar-refractivity contribution in [1.29, 1.82) is 0 Å². The van der Waals surface area contributed by atoms with Gasteiger partial charge in [0.05, 0.1) is 24.4 Å². The van der Waals surface area contributed by atoms with Gasteiger partial charge >= 0.3 is 0 Å². The van der Waals surface area contributed by atoms with Crippen LogP contribution in [0.5, 0.6) is 11.5 Å². The molecule has 0 spiro atoms. The Labute approximate surface area is 176 Å². The van der Waals surface area contributed by atoms with E-state index in [-0.39, 0.29) is 11.9 Å². The Morgan fingerprint density at radius 2 is 2.03 bits per heavy atom. The van der Waals surface area contributed by atoms with Crippen LogP contribution in [0.15, 0.2) is 47.2 Å². The van der Waals surface area contributed by atoms with Crippen LogP contribution in [-0.4, -0.2) is 34.6 Å². The second-order valence-electron chi connectivity index (χ2n) is 7.01. The number of rotatable bonds is 8. The van der Waals surface area contributed by atoms with Crippen molar-refractivity contribution in [3.63, 3.8) is 0 Å². The highest BCUT2D eigenvalue weighted by molar-refractivity contribution is 5.95. The first-order chi connectivity index (χ1) is 14.5. The summed E-state index contributed by atoms with van der Waals surface area (Å²) in [5.41, 5.74) is 3.22. The lowest BCUT2D eigenvalue weighted by atomic mass is 10.1. The first-order valence-electron chi connectivity index (χ1n) is 9.89. The number of amides is 1. The summed E-state index contributed by atoms with van der Waals surface area (Å²) < 4.78 is 16.6. The van der Waals surface area contributed by atoms with E-state index in [4.69, 9.17) is 14.0 Å². The number of hydrogen-bond donors (Lipinski definition) is 0. The van der Waals surface area contributed by atoms with Gasteiger partial charge in [-0.25, -0.2) is 0 Å². The van der Waals surface area contributed by atoms with E-state index in [9.17, 15) is 4.79 Å². The van der Waals surface area contributed by atoms with E-state index in [1.165, 1.54) is 0 Å². The van der Waals surface area contributed by atoms with Gasteiger partial charge in [-0.05, 0) is 57.5 Å². The lowest BCUT2D eigenvalue weighted by molar-refractivity contribution is 0.0701. The van der Waals surface area contributed by atoms with Gasteiger partial charge < -0.3 is 18.9 Å². The minimum Gasteiger partial charge on any atom is -0.493 e. The molecule has 2 heterocycles. The molecule has 0 N–H and O–H groups in total. The third kappa shape index (κ3) is 4.45. The maximum Gasteiger partial charge on any atom is 0.254 e. The zero-order valence-corrected chi connectivity index (χ0v) is 18.0. The molecule has 30 heavy (non-hydrogen) atoms. The van der Waals surface area contributed by atoms with Crippen molar-refractivity contribution < 1.29 is 18.8 Å². The first kappa shape index (κ1) is 21.4. The predicted octanol–water partition coefficient (Wildman–Crippen LogP) is 4.50. The number of carbonyl (C=O) groups excluding carboxylic acids is 1. The maximum absolute atomic E-state index is 13.2. The molecule has 0 aliphatic carbocycles. The maximum atomic E-state index is 13.2. The number of nitrogens with zero attached hydrogens (tertiary/aromatic N) is 3. The number of aromatic nitrogens is 2. The molecule has 0 aliphatic rings. The van der Waals surface area contributed by atoms with Crippen molar-refractivity contribution in [2.24, 2.45) is 0 Å². The molecule has 0 fully saturated rings. The van der Waals surface area contributed by atoms with Crippen LogP contribution in [0.2, 0.25) is 0 Å². The van der Waals surface area contributed by atoms with Crippen molar-refractivity contribution in [3.8, 4) is 11.5 Å². The first-order valence-corrected chi connectivity index (χ1v) is 9.89. The summed E-state index contributed by atoms with van der Waals surface area (Å²) in [5, 5.41) is 3.94. The van der Waals surface area contributed by atoms with Crippen LogP contribution in [-0.2, 0) is 6.61 Å². The van der Waals surface area contributed by atoms with Crippen molar-refractivity contribution in [1.82, 2.24) is 15.0 Å². The molecule has 1 atom stereocenters. The van der Waals surface area contributed by atoms with Gasteiger partial charge in [-0.15, -0.1) is 0 Å². The van der Waals surface area contributed by atoms with Crippen LogP contribution in [0.4, 0.5) is 0 Å². The Morgan fingerprint density at radius 3 is 2.63 bits per heavy atom. The third-order valence-corrected chi connectivity index (χ3v) is 5.20. The molecule has 0 radical (unpaired) electrons. The van der Waals surface area contributed by atoms with E-state index >= 15 is 0 Å². The lowest BCUT2D eigenvalue weighted by Crippen LogP contribution is -2.33. The average molecular weight is 409 g/mol. The topological polar surface area (TPSA) is 77.7 Å². The second-order valence-corrected chi connectivity index (χ2v) is 7.01. The van der Waals surface area contributed by atoms with Crippen molar-refractivity contribution >= 4 is 5.91 Å². The van der Waals surface area contributed by atoms with Gasteiger partial charge in [0.15, 0.2) is 11.5 Å². The fourth-order valence-electron chi connectivity index (χ4n) is 3.34. The summed E-state index contributed by atoms with van der Waals surface area (Å²) in [6, 6.07) is 8.97. The number of methoxy groups -OCH3 is 1. The van der Waals surface area contributed by atoms with E-state index in [1.54, 1.807) is 42.6 Å². The Morgan fingerprint density at radius 1 is 1.23 bits per heavy atom. The molecule has 0 bridgehead atoms. The molecule has 1 unspecified atom stereocenters. The molecule has 1 aromatic carbocycles. The number of ether oxygens (including phenoxy) is 2. The van der Waals surface area contributed by atoms with Crippen LogP contribution in [0, 0.1) is 13.8 Å². The van der Waals surface area contributed by atoms with E-state index in [2.05, 4.69) is 10.1 Å². The van der Waals surface area contributed by atoms with Crippen LogP contribution in [0.3, 0.4) is 0 Å². The van der Waals surface area contributed by atoms with Crippen LogP contribution in [0.1, 0.15) is 52.8 Å². The van der Waals surface area contributed by atoms with Crippen molar-refractivity contribution in [3.05, 3.63) is 70.9 Å². The average Bonchev–Trinajstić information content (AvgIpc) is 3.10. The van der Waals surface area contributed by atoms with Gasteiger partial charge in [-0.1, -0.05) is 11.2 Å². The molecule has 158 valence electrons. The standard InChI is InChI=1S/C23H27N3O4/c1-6-26(16(3)19-8-7-11-24-13-19)23(27)18-9-10-21(22(12-18)28-5)29-14-20-15(2)25-30-17(20)4/h7-13,16H,6,14H2,1-5H3. The van der Waals surface area contributed by atoms with Crippen molar-refractivity contribution in [2.75, 3.05) is 13.7 Å². The second kappa shape index (κ2) is 9.43. The highest BCUT2D eigenvalue weighted by Crippen LogP contribution is 2.31. The van der Waals surface area contributed by atoms with Gasteiger partial charge in [0.1, 0.15) is 12.4 Å². The summed E-state index contributed by atoms with van der Waals surface area (Å²) in [6.45, 7) is 8.56. The monoisotopic (exact) mass is 409 g/mol. The van der Waals surface area contributed by atoms with Gasteiger partial charge in [0, 0.05) is 24.5 Å². The minimum absolute atomic E-state index is 0.0792. The number of hydrogen-bond acceptors (Lipinski definition) is 6. The molecule has 1 amide bonds. The third-order valence-electron chi connectivity index (χ3n) is 5.20. The molecule has 0 saturated heterocycles. The van der Waals surface area contributed by atoms with Gasteiger partial charge in [0.25, 0.3) is 5.91 Å². The molecule has 7 nitrogen and oxygen atoms in total. The van der Waals surface area contributed by atoms with Gasteiger partial charge in [-0.3, -0.25) is 9.78 Å². The molecule has 7 heteroatoms. The normalized spacial score (nSPS) is 11.8. The molecule has 2 aromatic heterocycles. The van der Waals surface area contributed by atoms with Crippen LogP contribution in [0.25, 0.3) is 0 Å². The summed E-state index contributed by atoms with van der Waals surface area (Å²) in [7, 11) is 1.56. The molecule has 3 aromatic rings. The van der Waals surface area contributed by atoms with Crippen molar-refractivity contribution in [2.45, 2.75) is 40.3 Å². The molecule has 0 aliphatic heterocycles. The zero-order chi connectivity index (χ0) is 21.7. The highest BCUT2D eigenvalue weighted by Gasteiger charge is 2.23. The highest BCUT2D eigenvalue weighted by atomic mass is 16.5. The van der Waals surface area contributed by atoms with Gasteiger partial charge in [0.2, 0.25) is 0 Å². The van der Waals surface area contributed by atoms with E-state index in [0.29, 0.717) is 30.2 Å².